The first-order chi connectivity index (χ1) is 13.1. The van der Waals surface area contributed by atoms with Crippen LogP contribution in [0.2, 0.25) is 0 Å². The van der Waals surface area contributed by atoms with Gasteiger partial charge in [-0.25, -0.2) is 4.98 Å². The van der Waals surface area contributed by atoms with E-state index in [2.05, 4.69) is 38.2 Å². The maximum atomic E-state index is 13.0. The fourth-order valence-electron chi connectivity index (χ4n) is 3.34. The minimum Gasteiger partial charge on any atom is -0.352 e. The van der Waals surface area contributed by atoms with Gasteiger partial charge < -0.3 is 5.32 Å². The highest BCUT2D eigenvalue weighted by molar-refractivity contribution is 7.15. The Balaban J connectivity index is 1.89. The Morgan fingerprint density at radius 3 is 2.70 bits per heavy atom. The van der Waals surface area contributed by atoms with Gasteiger partial charge in [-0.1, -0.05) is 51.3 Å². The highest BCUT2D eigenvalue weighted by atomic mass is 32.1. The molecule has 142 valence electrons. The number of pyridine rings is 1. The number of para-hydroxylation sites is 1. The molecule has 3 nitrogen and oxygen atoms in total. The molecule has 2 heterocycles. The maximum Gasteiger partial charge on any atom is 0.252 e. The number of amides is 1. The molecule has 27 heavy (non-hydrogen) atoms. The average Bonchev–Trinajstić information content (AvgIpc) is 3.13. The van der Waals surface area contributed by atoms with Gasteiger partial charge in [0.2, 0.25) is 0 Å². The van der Waals surface area contributed by atoms with E-state index in [0.29, 0.717) is 11.5 Å². The molecule has 4 heteroatoms. The molecule has 3 rings (SSSR count). The van der Waals surface area contributed by atoms with Gasteiger partial charge in [-0.05, 0) is 43.5 Å². The van der Waals surface area contributed by atoms with Crippen molar-refractivity contribution < 1.29 is 4.79 Å². The van der Waals surface area contributed by atoms with Crippen molar-refractivity contribution in [1.82, 2.24) is 10.3 Å². The van der Waals surface area contributed by atoms with Gasteiger partial charge in [0.1, 0.15) is 0 Å². The summed E-state index contributed by atoms with van der Waals surface area (Å²) in [4.78, 5) is 20.1. The van der Waals surface area contributed by atoms with Gasteiger partial charge in [-0.3, -0.25) is 4.79 Å². The molecule has 0 saturated carbocycles. The number of thiophene rings is 1. The third kappa shape index (κ3) is 4.75. The summed E-state index contributed by atoms with van der Waals surface area (Å²) in [6.07, 6.45) is 4.68. The Kier molecular flexibility index (Phi) is 6.62. The van der Waals surface area contributed by atoms with Crippen molar-refractivity contribution in [1.29, 1.82) is 0 Å². The summed E-state index contributed by atoms with van der Waals surface area (Å²) in [7, 11) is 0. The molecule has 0 aliphatic rings. The predicted octanol–water partition coefficient (Wildman–Crippen LogP) is 6.22. The van der Waals surface area contributed by atoms with Crippen molar-refractivity contribution in [3.8, 4) is 10.6 Å². The quantitative estimate of drug-likeness (QED) is 0.504. The zero-order chi connectivity index (χ0) is 19.2. The van der Waals surface area contributed by atoms with Gasteiger partial charge in [0.05, 0.1) is 21.7 Å². The number of hydrogen-bond donors (Lipinski definition) is 1. The molecular weight excluding hydrogens is 352 g/mol. The van der Waals surface area contributed by atoms with Crippen molar-refractivity contribution >= 4 is 28.1 Å². The summed E-state index contributed by atoms with van der Waals surface area (Å²) in [5, 5.41) is 4.08. The van der Waals surface area contributed by atoms with Crippen LogP contribution < -0.4 is 5.32 Å². The van der Waals surface area contributed by atoms with E-state index in [-0.39, 0.29) is 5.91 Å². The van der Waals surface area contributed by atoms with Gasteiger partial charge >= 0.3 is 0 Å². The number of aromatic nitrogens is 1. The zero-order valence-corrected chi connectivity index (χ0v) is 17.2. The van der Waals surface area contributed by atoms with Gasteiger partial charge in [0.15, 0.2) is 0 Å². The first-order valence-corrected chi connectivity index (χ1v) is 10.7. The lowest BCUT2D eigenvalue weighted by molar-refractivity contribution is 0.0947. The molecule has 0 aliphatic heterocycles. The molecule has 1 aromatic carbocycles. The molecular formula is C23H28N2OS. The number of aryl methyl sites for hydroxylation is 1. The van der Waals surface area contributed by atoms with Crippen LogP contribution in [0.3, 0.4) is 0 Å². The lowest BCUT2D eigenvalue weighted by atomic mass is 9.99. The number of carbonyl (C=O) groups excluding carboxylic acids is 1. The van der Waals surface area contributed by atoms with Crippen LogP contribution in [0.25, 0.3) is 21.5 Å². The molecule has 1 amide bonds. The third-order valence-electron chi connectivity index (χ3n) is 5.05. The second-order valence-corrected chi connectivity index (χ2v) is 8.40. The Labute approximate surface area is 165 Å². The van der Waals surface area contributed by atoms with Crippen molar-refractivity contribution in [3.63, 3.8) is 0 Å². The summed E-state index contributed by atoms with van der Waals surface area (Å²) < 4.78 is 0. The number of nitrogens with zero attached hydrogens (tertiary/aromatic N) is 1. The molecule has 1 N–H and O–H groups in total. The Morgan fingerprint density at radius 2 is 2.00 bits per heavy atom. The maximum absolute atomic E-state index is 13.0. The molecule has 0 bridgehead atoms. The van der Waals surface area contributed by atoms with Gasteiger partial charge in [0.25, 0.3) is 5.91 Å². The minimum atomic E-state index is -0.00178. The van der Waals surface area contributed by atoms with Crippen LogP contribution in [0.4, 0.5) is 0 Å². The Hall–Kier alpha value is -2.20. The second-order valence-electron chi connectivity index (χ2n) is 7.11. The number of benzene rings is 1. The monoisotopic (exact) mass is 380 g/mol. The first-order valence-electron chi connectivity index (χ1n) is 9.87. The van der Waals surface area contributed by atoms with E-state index in [4.69, 9.17) is 4.98 Å². The fraction of sp³-hybridized carbons (Fsp3) is 0.391. The Bertz CT molecular complexity index is 916. The number of carbonyl (C=O) groups is 1. The largest absolute Gasteiger partial charge is 0.352 e. The van der Waals surface area contributed by atoms with Crippen LogP contribution in [0.5, 0.6) is 0 Å². The standard InChI is InChI=1S/C23H28N2OS/c1-4-6-9-17(5-2)15-24-23(26)19-14-21(22-13-12-16(3)27-22)25-20-11-8-7-10-18(19)20/h7-8,10-14,17H,4-6,9,15H2,1-3H3,(H,24,26)/t17-/m0/s1. The van der Waals surface area contributed by atoms with Crippen LogP contribution >= 0.6 is 11.3 Å². The summed E-state index contributed by atoms with van der Waals surface area (Å²) >= 11 is 1.71. The van der Waals surface area contributed by atoms with Crippen LogP contribution in [0.1, 0.15) is 54.8 Å². The van der Waals surface area contributed by atoms with Crippen molar-refractivity contribution in [2.75, 3.05) is 6.54 Å². The van der Waals surface area contributed by atoms with Gasteiger partial charge in [0, 0.05) is 16.8 Å². The molecule has 0 saturated heterocycles. The van der Waals surface area contributed by atoms with E-state index >= 15 is 0 Å². The number of rotatable bonds is 8. The van der Waals surface area contributed by atoms with Crippen molar-refractivity contribution in [2.45, 2.75) is 46.5 Å². The molecule has 3 aromatic rings. The number of nitrogens with one attached hydrogen (secondary N) is 1. The highest BCUT2D eigenvalue weighted by Crippen LogP contribution is 2.29. The SMILES string of the molecule is CCCC[C@H](CC)CNC(=O)c1cc(-c2ccc(C)s2)nc2ccccc12. The molecule has 2 aromatic heterocycles. The zero-order valence-electron chi connectivity index (χ0n) is 16.4. The van der Waals surface area contributed by atoms with Crippen molar-refractivity contribution in [2.24, 2.45) is 5.92 Å². The number of hydrogen-bond acceptors (Lipinski definition) is 3. The normalized spacial score (nSPS) is 12.3. The average molecular weight is 381 g/mol. The fourth-order valence-corrected chi connectivity index (χ4v) is 4.17. The summed E-state index contributed by atoms with van der Waals surface area (Å²) in [5.41, 5.74) is 2.45. The second kappa shape index (κ2) is 9.14. The van der Waals surface area contributed by atoms with Crippen LogP contribution in [0, 0.1) is 12.8 Å². The Morgan fingerprint density at radius 1 is 1.19 bits per heavy atom. The lowest BCUT2D eigenvalue weighted by Crippen LogP contribution is -2.29. The minimum absolute atomic E-state index is 0.00178. The van der Waals surface area contributed by atoms with Gasteiger partial charge in [-0.15, -0.1) is 11.3 Å². The third-order valence-corrected chi connectivity index (χ3v) is 6.07. The number of fused-ring (bicyclic) bond motifs is 1. The number of unbranched alkanes of at least 4 members (excludes halogenated alkanes) is 1. The van der Waals surface area contributed by atoms with Gasteiger partial charge in [-0.2, -0.15) is 0 Å². The summed E-state index contributed by atoms with van der Waals surface area (Å²) in [6.45, 7) is 7.23. The van der Waals surface area contributed by atoms with E-state index in [0.717, 1.165) is 34.4 Å². The van der Waals surface area contributed by atoms with Crippen LogP contribution in [-0.4, -0.2) is 17.4 Å². The molecule has 0 unspecified atom stereocenters. The van der Waals surface area contributed by atoms with E-state index < -0.39 is 0 Å². The van der Waals surface area contributed by atoms with E-state index in [1.54, 1.807) is 11.3 Å². The highest BCUT2D eigenvalue weighted by Gasteiger charge is 2.16. The molecule has 0 radical (unpaired) electrons. The van der Waals surface area contributed by atoms with E-state index in [9.17, 15) is 4.79 Å². The van der Waals surface area contributed by atoms with E-state index in [1.165, 1.54) is 24.1 Å². The lowest BCUT2D eigenvalue weighted by Gasteiger charge is -2.16. The smallest absolute Gasteiger partial charge is 0.252 e. The first kappa shape index (κ1) is 19.6. The molecule has 0 aliphatic carbocycles. The summed E-state index contributed by atoms with van der Waals surface area (Å²) in [5.74, 6) is 0.541. The van der Waals surface area contributed by atoms with Crippen LogP contribution in [0.15, 0.2) is 42.5 Å². The van der Waals surface area contributed by atoms with Crippen molar-refractivity contribution in [3.05, 3.63) is 52.9 Å². The predicted molar refractivity (Wildman–Crippen MR) is 115 cm³/mol. The molecule has 0 fully saturated rings. The van der Waals surface area contributed by atoms with Crippen LogP contribution in [-0.2, 0) is 0 Å². The topological polar surface area (TPSA) is 42.0 Å². The molecule has 0 spiro atoms. The summed E-state index contributed by atoms with van der Waals surface area (Å²) in [6, 6.07) is 14.0. The molecule has 1 atom stereocenters. The van der Waals surface area contributed by atoms with E-state index in [1.807, 2.05) is 30.3 Å².